The first-order valence-electron chi connectivity index (χ1n) is 9.56. The molecule has 2 heterocycles. The van der Waals surface area contributed by atoms with E-state index in [2.05, 4.69) is 33.2 Å². The van der Waals surface area contributed by atoms with Gasteiger partial charge in [-0.1, -0.05) is 30.3 Å². The Morgan fingerprint density at radius 1 is 1.03 bits per heavy atom. The fourth-order valence-corrected chi connectivity index (χ4v) is 3.71. The van der Waals surface area contributed by atoms with E-state index in [1.165, 1.54) is 4.57 Å². The first-order valence-corrected chi connectivity index (χ1v) is 9.56. The van der Waals surface area contributed by atoms with Gasteiger partial charge in [0, 0.05) is 43.7 Å². The van der Waals surface area contributed by atoms with Gasteiger partial charge in [0.15, 0.2) is 0 Å². The number of aromatic nitrogens is 3. The van der Waals surface area contributed by atoms with Gasteiger partial charge in [-0.05, 0) is 30.2 Å². The maximum atomic E-state index is 12.3. The van der Waals surface area contributed by atoms with E-state index < -0.39 is 11.1 Å². The quantitative estimate of drug-likeness (QED) is 0.493. The highest BCUT2D eigenvalue weighted by atomic mass is 16.2. The van der Waals surface area contributed by atoms with Gasteiger partial charge in [0.1, 0.15) is 0 Å². The topological polar surface area (TPSA) is 88.9 Å². The second-order valence-electron chi connectivity index (χ2n) is 7.06. The zero-order valence-electron chi connectivity index (χ0n) is 16.1. The van der Waals surface area contributed by atoms with E-state index in [1.54, 1.807) is 24.3 Å². The SMILES string of the molecule is Cn1cc(CCC(=O)NCCn2c(=O)c(=O)[nH]c3ccccc32)c2ccccc21. The Labute approximate surface area is 166 Å². The number of aryl methyl sites for hydroxylation is 2. The number of carbonyl (C=O) groups is 1. The molecule has 1 amide bonds. The third-order valence-electron chi connectivity index (χ3n) is 5.14. The summed E-state index contributed by atoms with van der Waals surface area (Å²) in [6.07, 6.45) is 3.06. The maximum Gasteiger partial charge on any atom is 0.316 e. The van der Waals surface area contributed by atoms with Crippen LogP contribution < -0.4 is 16.4 Å². The molecule has 0 spiro atoms. The lowest BCUT2D eigenvalue weighted by molar-refractivity contribution is -0.121. The number of para-hydroxylation sites is 3. The van der Waals surface area contributed by atoms with Crippen molar-refractivity contribution in [3.63, 3.8) is 0 Å². The van der Waals surface area contributed by atoms with Crippen LogP contribution in [0.15, 0.2) is 64.3 Å². The minimum Gasteiger partial charge on any atom is -0.354 e. The number of benzene rings is 2. The Hall–Kier alpha value is -3.61. The van der Waals surface area contributed by atoms with Crippen molar-refractivity contribution in [3.8, 4) is 0 Å². The van der Waals surface area contributed by atoms with Crippen LogP contribution in [0.4, 0.5) is 0 Å². The maximum absolute atomic E-state index is 12.3. The van der Waals surface area contributed by atoms with Crippen LogP contribution in [0.2, 0.25) is 0 Å². The molecule has 2 aromatic heterocycles. The van der Waals surface area contributed by atoms with Crippen molar-refractivity contribution < 1.29 is 4.79 Å². The van der Waals surface area contributed by atoms with Crippen LogP contribution in [0.5, 0.6) is 0 Å². The van der Waals surface area contributed by atoms with Gasteiger partial charge < -0.3 is 19.4 Å². The summed E-state index contributed by atoms with van der Waals surface area (Å²) in [5, 5.41) is 4.01. The fourth-order valence-electron chi connectivity index (χ4n) is 3.71. The molecular formula is C22H22N4O3. The molecule has 0 bridgehead atoms. The van der Waals surface area contributed by atoms with Crippen molar-refractivity contribution in [2.45, 2.75) is 19.4 Å². The van der Waals surface area contributed by atoms with Crippen LogP contribution in [0.3, 0.4) is 0 Å². The molecule has 4 aromatic rings. The largest absolute Gasteiger partial charge is 0.354 e. The predicted molar refractivity (Wildman–Crippen MR) is 113 cm³/mol. The number of aromatic amines is 1. The van der Waals surface area contributed by atoms with E-state index in [9.17, 15) is 14.4 Å². The summed E-state index contributed by atoms with van der Waals surface area (Å²) in [7, 11) is 2.00. The summed E-state index contributed by atoms with van der Waals surface area (Å²) in [5.41, 5.74) is 2.24. The van der Waals surface area contributed by atoms with Crippen molar-refractivity contribution in [1.29, 1.82) is 0 Å². The monoisotopic (exact) mass is 390 g/mol. The van der Waals surface area contributed by atoms with Crippen LogP contribution in [-0.2, 0) is 24.8 Å². The molecule has 2 N–H and O–H groups in total. The van der Waals surface area contributed by atoms with Gasteiger partial charge in [0.25, 0.3) is 0 Å². The molecule has 148 valence electrons. The molecule has 0 atom stereocenters. The van der Waals surface area contributed by atoms with E-state index in [0.717, 1.165) is 16.5 Å². The minimum atomic E-state index is -0.661. The zero-order chi connectivity index (χ0) is 20.4. The van der Waals surface area contributed by atoms with Crippen molar-refractivity contribution in [2.75, 3.05) is 6.54 Å². The number of H-pyrrole nitrogens is 1. The first kappa shape index (κ1) is 18.7. The summed E-state index contributed by atoms with van der Waals surface area (Å²) in [6, 6.07) is 15.2. The Balaban J connectivity index is 1.40. The third kappa shape index (κ3) is 3.71. The van der Waals surface area contributed by atoms with Crippen molar-refractivity contribution >= 4 is 27.8 Å². The molecule has 0 aliphatic carbocycles. The number of rotatable bonds is 6. The molecule has 4 rings (SSSR count). The zero-order valence-corrected chi connectivity index (χ0v) is 16.1. The number of carbonyl (C=O) groups excluding carboxylic acids is 1. The molecule has 0 radical (unpaired) electrons. The number of nitrogens with one attached hydrogen (secondary N) is 2. The predicted octanol–water partition coefficient (Wildman–Crippen LogP) is 1.93. The lowest BCUT2D eigenvalue weighted by atomic mass is 10.1. The van der Waals surface area contributed by atoms with E-state index in [-0.39, 0.29) is 19.0 Å². The molecule has 0 fully saturated rings. The summed E-state index contributed by atoms with van der Waals surface area (Å²) in [5.74, 6) is -0.0832. The smallest absolute Gasteiger partial charge is 0.316 e. The number of fused-ring (bicyclic) bond motifs is 2. The summed E-state index contributed by atoms with van der Waals surface area (Å²) in [6.45, 7) is 0.519. The number of amides is 1. The van der Waals surface area contributed by atoms with Crippen molar-refractivity contribution in [3.05, 3.63) is 81.0 Å². The molecule has 7 nitrogen and oxygen atoms in total. The van der Waals surface area contributed by atoms with Gasteiger partial charge in [-0.15, -0.1) is 0 Å². The molecule has 29 heavy (non-hydrogen) atoms. The Morgan fingerprint density at radius 2 is 1.76 bits per heavy atom. The number of hydrogen-bond donors (Lipinski definition) is 2. The second kappa shape index (κ2) is 7.79. The average Bonchev–Trinajstić information content (AvgIpc) is 3.05. The minimum absolute atomic E-state index is 0.0832. The number of hydrogen-bond acceptors (Lipinski definition) is 3. The van der Waals surface area contributed by atoms with E-state index >= 15 is 0 Å². The summed E-state index contributed by atoms with van der Waals surface area (Å²) in [4.78, 5) is 38.9. The first-order chi connectivity index (χ1) is 14.0. The van der Waals surface area contributed by atoms with Gasteiger partial charge in [0.2, 0.25) is 5.91 Å². The number of nitrogens with zero attached hydrogens (tertiary/aromatic N) is 2. The van der Waals surface area contributed by atoms with Crippen LogP contribution >= 0.6 is 0 Å². The van der Waals surface area contributed by atoms with Gasteiger partial charge in [0.05, 0.1) is 11.0 Å². The summed E-state index contributed by atoms with van der Waals surface area (Å²) < 4.78 is 3.46. The van der Waals surface area contributed by atoms with Crippen LogP contribution in [0, 0.1) is 0 Å². The van der Waals surface area contributed by atoms with Crippen molar-refractivity contribution in [1.82, 2.24) is 19.4 Å². The molecule has 2 aromatic carbocycles. The highest BCUT2D eigenvalue weighted by Gasteiger charge is 2.10. The molecule has 0 unspecified atom stereocenters. The third-order valence-corrected chi connectivity index (χ3v) is 5.14. The van der Waals surface area contributed by atoms with Crippen molar-refractivity contribution in [2.24, 2.45) is 7.05 Å². The van der Waals surface area contributed by atoms with E-state index in [4.69, 9.17) is 0 Å². The van der Waals surface area contributed by atoms with E-state index in [0.29, 0.717) is 23.9 Å². The second-order valence-corrected chi connectivity index (χ2v) is 7.06. The van der Waals surface area contributed by atoms with Crippen LogP contribution in [0.25, 0.3) is 21.9 Å². The highest BCUT2D eigenvalue weighted by molar-refractivity contribution is 5.85. The van der Waals surface area contributed by atoms with Gasteiger partial charge >= 0.3 is 11.1 Å². The Kier molecular flexibility index (Phi) is 5.03. The molecule has 0 aliphatic heterocycles. The molecule has 0 saturated carbocycles. The van der Waals surface area contributed by atoms with E-state index in [1.807, 2.05) is 19.2 Å². The normalized spacial score (nSPS) is 11.2. The molecule has 0 saturated heterocycles. The average molecular weight is 390 g/mol. The lowest BCUT2D eigenvalue weighted by Crippen LogP contribution is -2.39. The van der Waals surface area contributed by atoms with Gasteiger partial charge in [-0.2, -0.15) is 0 Å². The Morgan fingerprint density at radius 3 is 2.59 bits per heavy atom. The van der Waals surface area contributed by atoms with Gasteiger partial charge in [-0.25, -0.2) is 0 Å². The fraction of sp³-hybridized carbons (Fsp3) is 0.227. The highest BCUT2D eigenvalue weighted by Crippen LogP contribution is 2.21. The molecule has 0 aliphatic rings. The van der Waals surface area contributed by atoms with Gasteiger partial charge in [-0.3, -0.25) is 14.4 Å². The van der Waals surface area contributed by atoms with Crippen LogP contribution in [-0.4, -0.2) is 26.6 Å². The Bertz CT molecular complexity index is 1310. The molecular weight excluding hydrogens is 368 g/mol. The van der Waals surface area contributed by atoms with Crippen LogP contribution in [0.1, 0.15) is 12.0 Å². The lowest BCUT2D eigenvalue weighted by Gasteiger charge is -2.10. The standard InChI is InChI=1S/C22H22N4O3/c1-25-14-15(16-6-2-4-8-18(16)25)10-11-20(27)23-12-13-26-19-9-5-3-7-17(19)24-21(28)22(26)29/h2-9,14H,10-13H2,1H3,(H,23,27)(H,24,28). The molecule has 7 heteroatoms. The summed E-state index contributed by atoms with van der Waals surface area (Å²) >= 11 is 0.